The summed E-state index contributed by atoms with van der Waals surface area (Å²) in [5.74, 6) is 0. The summed E-state index contributed by atoms with van der Waals surface area (Å²) in [4.78, 5) is 0. The Bertz CT molecular complexity index is 58.6. The molecule has 0 atom stereocenters. The lowest BCUT2D eigenvalue weighted by Crippen LogP contribution is -1.66. The van der Waals surface area contributed by atoms with Gasteiger partial charge in [-0.3, -0.25) is 0 Å². The lowest BCUT2D eigenvalue weighted by atomic mass is 10.6. The highest BCUT2D eigenvalue weighted by molar-refractivity contribution is 9.11. The van der Waals surface area contributed by atoms with E-state index in [2.05, 4.69) is 15.9 Å². The first-order valence-corrected chi connectivity index (χ1v) is 2.47. The fourth-order valence-corrected chi connectivity index (χ4v) is 0.0772. The minimum atomic E-state index is -0.392. The van der Waals surface area contributed by atoms with Gasteiger partial charge in [0.05, 0.1) is 0 Å². The quantitative estimate of drug-likeness (QED) is 0.541. The lowest BCUT2D eigenvalue weighted by Gasteiger charge is -1.79. The Balaban J connectivity index is 3.22. The molecule has 36 valence electrons. The van der Waals surface area contributed by atoms with E-state index in [1.165, 1.54) is 0 Å². The minimum absolute atomic E-state index is 0.392. The maximum atomic E-state index is 11.3. The van der Waals surface area contributed by atoms with Crippen LogP contribution in [-0.4, -0.2) is 6.67 Å². The van der Waals surface area contributed by atoms with E-state index in [4.69, 9.17) is 0 Å². The Morgan fingerprint density at radius 1 is 2.00 bits per heavy atom. The largest absolute Gasteiger partial charge is 0.245 e. The van der Waals surface area contributed by atoms with Crippen molar-refractivity contribution in [2.45, 2.75) is 6.92 Å². The molecule has 0 rings (SSSR count). The Morgan fingerprint density at radius 3 is 2.50 bits per heavy atom. The van der Waals surface area contributed by atoms with Crippen molar-refractivity contribution in [2.24, 2.45) is 0 Å². The maximum absolute atomic E-state index is 11.3. The summed E-state index contributed by atoms with van der Waals surface area (Å²) in [6, 6.07) is 0. The van der Waals surface area contributed by atoms with Crippen LogP contribution in [0.3, 0.4) is 0 Å². The molecule has 6 heavy (non-hydrogen) atoms. The van der Waals surface area contributed by atoms with Crippen LogP contribution in [0, 0.1) is 0 Å². The molecule has 0 amide bonds. The first-order chi connectivity index (χ1) is 2.81. The average Bonchev–Trinajstić information content (AvgIpc) is 1.65. The fourth-order valence-electron chi connectivity index (χ4n) is 0.0772. The molecule has 0 aromatic rings. The molecule has 0 nitrogen and oxygen atoms in total. The molecule has 0 aliphatic heterocycles. The molecular weight excluding hydrogens is 147 g/mol. The molecule has 0 saturated carbocycles. The van der Waals surface area contributed by atoms with Gasteiger partial charge in [0, 0.05) is 4.48 Å². The Morgan fingerprint density at radius 2 is 2.50 bits per heavy atom. The predicted octanol–water partition coefficient (Wildman–Crippen LogP) is 2.25. The monoisotopic (exact) mass is 152 g/mol. The summed E-state index contributed by atoms with van der Waals surface area (Å²) in [7, 11) is 0. The third-order valence-corrected chi connectivity index (χ3v) is 1.11. The van der Waals surface area contributed by atoms with Gasteiger partial charge in [0.25, 0.3) is 0 Å². The van der Waals surface area contributed by atoms with Crippen molar-refractivity contribution >= 4 is 15.9 Å². The Kier molecular flexibility index (Phi) is 3.43. The molecule has 0 aliphatic rings. The second-order valence-corrected chi connectivity index (χ2v) is 1.89. The first kappa shape index (κ1) is 6.15. The van der Waals surface area contributed by atoms with Crippen LogP contribution in [0.2, 0.25) is 0 Å². The zero-order chi connectivity index (χ0) is 4.99. The Labute approximate surface area is 45.2 Å². The van der Waals surface area contributed by atoms with Crippen molar-refractivity contribution in [3.8, 4) is 0 Å². The van der Waals surface area contributed by atoms with E-state index >= 15 is 0 Å². The molecule has 2 heteroatoms. The zero-order valence-corrected chi connectivity index (χ0v) is 5.13. The van der Waals surface area contributed by atoms with Gasteiger partial charge in [-0.25, -0.2) is 4.39 Å². The second kappa shape index (κ2) is 3.34. The van der Waals surface area contributed by atoms with Crippen LogP contribution in [0.5, 0.6) is 0 Å². The molecule has 0 aromatic heterocycles. The van der Waals surface area contributed by atoms with Crippen LogP contribution in [0.1, 0.15) is 6.92 Å². The van der Waals surface area contributed by atoms with E-state index in [1.54, 1.807) is 13.0 Å². The lowest BCUT2D eigenvalue weighted by molar-refractivity contribution is 0.558. The summed E-state index contributed by atoms with van der Waals surface area (Å²) in [6.07, 6.45) is 1.68. The number of hydrogen-bond donors (Lipinski definition) is 0. The van der Waals surface area contributed by atoms with Gasteiger partial charge in [-0.1, -0.05) is 22.0 Å². The third-order valence-electron chi connectivity index (χ3n) is 0.441. The smallest absolute Gasteiger partial charge is 0.121 e. The highest BCUT2D eigenvalue weighted by atomic mass is 79.9. The normalized spacial score (nSPS) is 12.2. The summed E-state index contributed by atoms with van der Waals surface area (Å²) in [6.45, 7) is 1.39. The van der Waals surface area contributed by atoms with Crippen molar-refractivity contribution in [2.75, 3.05) is 6.67 Å². The zero-order valence-electron chi connectivity index (χ0n) is 3.54. The molecule has 0 bridgehead atoms. The van der Waals surface area contributed by atoms with Gasteiger partial charge >= 0.3 is 0 Å². The molecule has 0 radical (unpaired) electrons. The van der Waals surface area contributed by atoms with Crippen LogP contribution in [0.25, 0.3) is 0 Å². The standard InChI is InChI=1S/C4H6BrF/c1-2-4(5)3-6/h2H,3H2,1H3. The third kappa shape index (κ3) is 2.39. The van der Waals surface area contributed by atoms with Crippen molar-refractivity contribution < 1.29 is 4.39 Å². The molecule has 0 saturated heterocycles. The van der Waals surface area contributed by atoms with Crippen molar-refractivity contribution in [1.29, 1.82) is 0 Å². The van der Waals surface area contributed by atoms with Crippen LogP contribution in [-0.2, 0) is 0 Å². The number of rotatable bonds is 1. The topological polar surface area (TPSA) is 0 Å². The van der Waals surface area contributed by atoms with Crippen molar-refractivity contribution in [3.63, 3.8) is 0 Å². The molecule has 0 aliphatic carbocycles. The van der Waals surface area contributed by atoms with Gasteiger partial charge < -0.3 is 0 Å². The molecule has 0 spiro atoms. The first-order valence-electron chi connectivity index (χ1n) is 1.68. The number of halogens is 2. The van der Waals surface area contributed by atoms with E-state index in [0.717, 1.165) is 0 Å². The summed E-state index contributed by atoms with van der Waals surface area (Å²) in [5.41, 5.74) is 0. The molecule has 0 aromatic carbocycles. The minimum Gasteiger partial charge on any atom is -0.245 e. The van der Waals surface area contributed by atoms with Crippen LogP contribution < -0.4 is 0 Å². The van der Waals surface area contributed by atoms with E-state index in [1.807, 2.05) is 0 Å². The summed E-state index contributed by atoms with van der Waals surface area (Å²) < 4.78 is 11.9. The highest BCUT2D eigenvalue weighted by Crippen LogP contribution is 2.02. The second-order valence-electron chi connectivity index (χ2n) is 0.869. The average molecular weight is 153 g/mol. The highest BCUT2D eigenvalue weighted by Gasteiger charge is 1.79. The number of hydrogen-bond acceptors (Lipinski definition) is 0. The number of alkyl halides is 1. The summed E-state index contributed by atoms with van der Waals surface area (Å²) in [5, 5.41) is 0. The SMILES string of the molecule is CC=C(Br)CF. The van der Waals surface area contributed by atoms with E-state index < -0.39 is 6.67 Å². The molecular formula is C4H6BrF. The van der Waals surface area contributed by atoms with Crippen LogP contribution >= 0.6 is 15.9 Å². The number of allylic oxidation sites excluding steroid dienone is 2. The van der Waals surface area contributed by atoms with Crippen molar-refractivity contribution in [1.82, 2.24) is 0 Å². The molecule has 0 heterocycles. The van der Waals surface area contributed by atoms with Gasteiger partial charge in [0.15, 0.2) is 0 Å². The van der Waals surface area contributed by atoms with Gasteiger partial charge in [-0.05, 0) is 6.92 Å². The van der Waals surface area contributed by atoms with Gasteiger partial charge in [-0.2, -0.15) is 0 Å². The van der Waals surface area contributed by atoms with E-state index in [0.29, 0.717) is 4.48 Å². The maximum Gasteiger partial charge on any atom is 0.121 e. The van der Waals surface area contributed by atoms with Crippen LogP contribution in [0.4, 0.5) is 4.39 Å². The van der Waals surface area contributed by atoms with Gasteiger partial charge in [0.1, 0.15) is 6.67 Å². The Hall–Kier alpha value is 0.150. The molecule has 0 fully saturated rings. The van der Waals surface area contributed by atoms with Gasteiger partial charge in [-0.15, -0.1) is 0 Å². The fraction of sp³-hybridized carbons (Fsp3) is 0.500. The molecule has 0 N–H and O–H groups in total. The van der Waals surface area contributed by atoms with Crippen LogP contribution in [0.15, 0.2) is 10.6 Å². The predicted molar refractivity (Wildman–Crippen MR) is 28.7 cm³/mol. The summed E-state index contributed by atoms with van der Waals surface area (Å²) >= 11 is 2.96. The van der Waals surface area contributed by atoms with Crippen molar-refractivity contribution in [3.05, 3.63) is 10.6 Å². The van der Waals surface area contributed by atoms with E-state index in [-0.39, 0.29) is 0 Å². The van der Waals surface area contributed by atoms with E-state index in [9.17, 15) is 4.39 Å². The van der Waals surface area contributed by atoms with Gasteiger partial charge in [0.2, 0.25) is 0 Å². The molecule has 0 unspecified atom stereocenters.